The number of aromatic nitrogens is 1. The lowest BCUT2D eigenvalue weighted by atomic mass is 10.2. The van der Waals surface area contributed by atoms with E-state index in [4.69, 9.17) is 14.6 Å². The number of hydrogen-bond donors (Lipinski definition) is 1. The summed E-state index contributed by atoms with van der Waals surface area (Å²) in [6.45, 7) is -0.00285. The Morgan fingerprint density at radius 2 is 2.15 bits per heavy atom. The van der Waals surface area contributed by atoms with Crippen molar-refractivity contribution < 1.29 is 23.8 Å². The first-order chi connectivity index (χ1) is 9.61. The average Bonchev–Trinajstić information content (AvgIpc) is 2.46. The van der Waals surface area contributed by atoms with E-state index < -0.39 is 11.8 Å². The zero-order valence-electron chi connectivity index (χ0n) is 10.7. The zero-order valence-corrected chi connectivity index (χ0v) is 10.7. The number of carboxylic acid groups (broad SMARTS) is 1. The van der Waals surface area contributed by atoms with Gasteiger partial charge in [0.05, 0.1) is 13.3 Å². The molecule has 1 aromatic heterocycles. The standard InChI is InChI=1S/C14H12FNO4/c1-19-12-4-2-3-9(13(12)15)8-20-10-5-6-11(14(17)18)16-7-10/h2-7H,8H2,1H3,(H,17,18). The van der Waals surface area contributed by atoms with Crippen LogP contribution in [0.25, 0.3) is 0 Å². The number of benzene rings is 1. The van der Waals surface area contributed by atoms with Crippen molar-refractivity contribution in [3.05, 3.63) is 53.6 Å². The highest BCUT2D eigenvalue weighted by Crippen LogP contribution is 2.21. The fourth-order valence-corrected chi connectivity index (χ4v) is 1.58. The Kier molecular flexibility index (Phi) is 4.14. The van der Waals surface area contributed by atoms with Gasteiger partial charge in [-0.15, -0.1) is 0 Å². The molecule has 1 N–H and O–H groups in total. The van der Waals surface area contributed by atoms with E-state index in [0.717, 1.165) is 0 Å². The molecule has 0 bridgehead atoms. The van der Waals surface area contributed by atoms with Gasteiger partial charge in [0.25, 0.3) is 0 Å². The van der Waals surface area contributed by atoms with E-state index in [9.17, 15) is 9.18 Å². The Labute approximate surface area is 114 Å². The molecule has 6 heteroatoms. The third kappa shape index (κ3) is 3.03. The van der Waals surface area contributed by atoms with Crippen LogP contribution in [0.3, 0.4) is 0 Å². The summed E-state index contributed by atoms with van der Waals surface area (Å²) in [5, 5.41) is 8.71. The van der Waals surface area contributed by atoms with Crippen molar-refractivity contribution in [2.45, 2.75) is 6.61 Å². The molecule has 2 aromatic rings. The summed E-state index contributed by atoms with van der Waals surface area (Å²) in [6.07, 6.45) is 1.28. The number of hydrogen-bond acceptors (Lipinski definition) is 4. The fraction of sp³-hybridized carbons (Fsp3) is 0.143. The molecule has 0 atom stereocenters. The van der Waals surface area contributed by atoms with Crippen molar-refractivity contribution in [3.63, 3.8) is 0 Å². The number of methoxy groups -OCH3 is 1. The van der Waals surface area contributed by atoms with Gasteiger partial charge in [0, 0.05) is 5.56 Å². The molecule has 0 aliphatic rings. The molecule has 0 aliphatic carbocycles. The van der Waals surface area contributed by atoms with Crippen LogP contribution in [0.15, 0.2) is 36.5 Å². The van der Waals surface area contributed by atoms with Crippen LogP contribution in [0.5, 0.6) is 11.5 Å². The van der Waals surface area contributed by atoms with Crippen LogP contribution in [0.2, 0.25) is 0 Å². The second-order valence-corrected chi connectivity index (χ2v) is 3.91. The minimum Gasteiger partial charge on any atom is -0.494 e. The van der Waals surface area contributed by atoms with Gasteiger partial charge in [-0.2, -0.15) is 0 Å². The number of rotatable bonds is 5. The Hall–Kier alpha value is -2.63. The summed E-state index contributed by atoms with van der Waals surface area (Å²) in [5.41, 5.74) is 0.261. The smallest absolute Gasteiger partial charge is 0.354 e. The van der Waals surface area contributed by atoms with E-state index in [2.05, 4.69) is 4.98 Å². The molecule has 0 fully saturated rings. The molecular formula is C14H12FNO4. The third-order valence-electron chi connectivity index (χ3n) is 2.61. The second kappa shape index (κ2) is 6.01. The SMILES string of the molecule is COc1cccc(COc2ccc(C(=O)O)nc2)c1F. The number of ether oxygens (including phenoxy) is 2. The third-order valence-corrected chi connectivity index (χ3v) is 2.61. The van der Waals surface area contributed by atoms with E-state index in [1.165, 1.54) is 31.5 Å². The maximum absolute atomic E-state index is 13.8. The van der Waals surface area contributed by atoms with Gasteiger partial charge in [0.1, 0.15) is 18.1 Å². The van der Waals surface area contributed by atoms with E-state index in [1.54, 1.807) is 12.1 Å². The number of halogens is 1. The van der Waals surface area contributed by atoms with E-state index in [0.29, 0.717) is 11.3 Å². The van der Waals surface area contributed by atoms with Crippen molar-refractivity contribution in [3.8, 4) is 11.5 Å². The molecule has 0 aliphatic heterocycles. The number of carboxylic acids is 1. The van der Waals surface area contributed by atoms with E-state index in [-0.39, 0.29) is 18.1 Å². The molecule has 0 radical (unpaired) electrons. The minimum atomic E-state index is -1.12. The number of nitrogens with zero attached hydrogens (tertiary/aromatic N) is 1. The van der Waals surface area contributed by atoms with Gasteiger partial charge < -0.3 is 14.6 Å². The van der Waals surface area contributed by atoms with Gasteiger partial charge in [-0.25, -0.2) is 14.2 Å². The van der Waals surface area contributed by atoms with Crippen LogP contribution < -0.4 is 9.47 Å². The van der Waals surface area contributed by atoms with Crippen molar-refractivity contribution in [2.24, 2.45) is 0 Å². The summed E-state index contributed by atoms with van der Waals surface area (Å²) in [7, 11) is 1.39. The lowest BCUT2D eigenvalue weighted by molar-refractivity contribution is 0.0690. The predicted molar refractivity (Wildman–Crippen MR) is 68.5 cm³/mol. The van der Waals surface area contributed by atoms with Crippen LogP contribution in [0.4, 0.5) is 4.39 Å². The van der Waals surface area contributed by atoms with Gasteiger partial charge >= 0.3 is 5.97 Å². The summed E-state index contributed by atoms with van der Waals surface area (Å²) >= 11 is 0. The highest BCUT2D eigenvalue weighted by molar-refractivity contribution is 5.85. The minimum absolute atomic E-state index is 0.00285. The quantitative estimate of drug-likeness (QED) is 0.909. The molecule has 1 heterocycles. The predicted octanol–water partition coefficient (Wildman–Crippen LogP) is 2.51. The highest BCUT2D eigenvalue weighted by atomic mass is 19.1. The molecule has 0 unspecified atom stereocenters. The molecule has 2 rings (SSSR count). The Bertz CT molecular complexity index is 613. The number of pyridine rings is 1. The maximum atomic E-state index is 13.8. The summed E-state index contributed by atoms with van der Waals surface area (Å²) in [4.78, 5) is 14.3. The van der Waals surface area contributed by atoms with E-state index >= 15 is 0 Å². The average molecular weight is 277 g/mol. The molecule has 20 heavy (non-hydrogen) atoms. The summed E-state index contributed by atoms with van der Waals surface area (Å²) < 4.78 is 24.1. The highest BCUT2D eigenvalue weighted by Gasteiger charge is 2.09. The molecule has 104 valence electrons. The zero-order chi connectivity index (χ0) is 14.5. The fourth-order valence-electron chi connectivity index (χ4n) is 1.58. The second-order valence-electron chi connectivity index (χ2n) is 3.91. The first-order valence-electron chi connectivity index (χ1n) is 5.75. The van der Waals surface area contributed by atoms with Gasteiger partial charge in [0.15, 0.2) is 11.6 Å². The van der Waals surface area contributed by atoms with Crippen LogP contribution in [0.1, 0.15) is 16.1 Å². The Morgan fingerprint density at radius 1 is 1.35 bits per heavy atom. The topological polar surface area (TPSA) is 68.7 Å². The lowest BCUT2D eigenvalue weighted by Crippen LogP contribution is -2.02. The molecular weight excluding hydrogens is 265 g/mol. The largest absolute Gasteiger partial charge is 0.494 e. The van der Waals surface area contributed by atoms with Crippen molar-refractivity contribution >= 4 is 5.97 Å². The summed E-state index contributed by atoms with van der Waals surface area (Å²) in [5.74, 6) is -1.09. The monoisotopic (exact) mass is 277 g/mol. The van der Waals surface area contributed by atoms with Crippen LogP contribution >= 0.6 is 0 Å². The molecule has 1 aromatic carbocycles. The van der Waals surface area contributed by atoms with Crippen LogP contribution in [-0.4, -0.2) is 23.2 Å². The lowest BCUT2D eigenvalue weighted by Gasteiger charge is -2.09. The first-order valence-corrected chi connectivity index (χ1v) is 5.75. The van der Waals surface area contributed by atoms with Crippen molar-refractivity contribution in [2.75, 3.05) is 7.11 Å². The van der Waals surface area contributed by atoms with Crippen LogP contribution in [0, 0.1) is 5.82 Å². The van der Waals surface area contributed by atoms with Gasteiger partial charge in [-0.05, 0) is 18.2 Å². The molecule has 0 spiro atoms. The van der Waals surface area contributed by atoms with Crippen molar-refractivity contribution in [1.82, 2.24) is 4.98 Å². The van der Waals surface area contributed by atoms with Gasteiger partial charge in [-0.3, -0.25) is 0 Å². The molecule has 0 saturated heterocycles. The Balaban J connectivity index is 2.07. The molecule has 0 amide bonds. The van der Waals surface area contributed by atoms with Crippen LogP contribution in [-0.2, 0) is 6.61 Å². The van der Waals surface area contributed by atoms with E-state index in [1.807, 2.05) is 0 Å². The molecule has 0 saturated carbocycles. The van der Waals surface area contributed by atoms with Gasteiger partial charge in [0.2, 0.25) is 0 Å². The van der Waals surface area contributed by atoms with Gasteiger partial charge in [-0.1, -0.05) is 12.1 Å². The number of aromatic carboxylic acids is 1. The number of carbonyl (C=O) groups is 1. The van der Waals surface area contributed by atoms with Crippen molar-refractivity contribution in [1.29, 1.82) is 0 Å². The Morgan fingerprint density at radius 3 is 2.75 bits per heavy atom. The first kappa shape index (κ1) is 13.8. The maximum Gasteiger partial charge on any atom is 0.354 e. The molecule has 5 nitrogen and oxygen atoms in total. The summed E-state index contributed by atoms with van der Waals surface area (Å²) in [6, 6.07) is 7.54. The normalized spacial score (nSPS) is 10.1.